The second kappa shape index (κ2) is 8.53. The number of halogens is 1. The van der Waals surface area contributed by atoms with Gasteiger partial charge in [0.1, 0.15) is 0 Å². The molecule has 0 aromatic heterocycles. The molecule has 0 aliphatic carbocycles. The van der Waals surface area contributed by atoms with Crippen LogP contribution < -0.4 is 19.7 Å². The van der Waals surface area contributed by atoms with Crippen LogP contribution in [-0.2, 0) is 0 Å². The highest BCUT2D eigenvalue weighted by molar-refractivity contribution is 6.33. The highest BCUT2D eigenvalue weighted by Gasteiger charge is 2.18. The molecule has 1 aliphatic heterocycles. The average Bonchev–Trinajstić information content (AvgIpc) is 2.68. The largest absolute Gasteiger partial charge is 0.493 e. The second-order valence-electron chi connectivity index (χ2n) is 6.86. The second-order valence-corrected chi connectivity index (χ2v) is 7.27. The molecule has 2 aromatic carbocycles. The van der Waals surface area contributed by atoms with E-state index in [0.717, 1.165) is 24.7 Å². The number of piperidine rings is 1. The van der Waals surface area contributed by atoms with Crippen molar-refractivity contribution in [1.29, 1.82) is 0 Å². The molecule has 5 nitrogen and oxygen atoms in total. The molecular weight excluding hydrogens is 364 g/mol. The van der Waals surface area contributed by atoms with Gasteiger partial charge in [0.15, 0.2) is 11.5 Å². The normalized spacial score (nSPS) is 14.7. The first-order valence-corrected chi connectivity index (χ1v) is 9.47. The van der Waals surface area contributed by atoms with Crippen LogP contribution in [0, 0.1) is 5.92 Å². The van der Waals surface area contributed by atoms with Gasteiger partial charge in [-0.05, 0) is 55.2 Å². The van der Waals surface area contributed by atoms with Gasteiger partial charge < -0.3 is 19.7 Å². The molecule has 1 amide bonds. The summed E-state index contributed by atoms with van der Waals surface area (Å²) in [6.07, 6.45) is 2.35. The highest BCUT2D eigenvalue weighted by Crippen LogP contribution is 2.32. The van der Waals surface area contributed by atoms with Gasteiger partial charge in [-0.1, -0.05) is 18.5 Å². The summed E-state index contributed by atoms with van der Waals surface area (Å²) in [5.41, 5.74) is 2.17. The van der Waals surface area contributed by atoms with E-state index >= 15 is 0 Å². The maximum absolute atomic E-state index is 12.6. The van der Waals surface area contributed by atoms with E-state index < -0.39 is 0 Å². The Morgan fingerprint density at radius 3 is 2.41 bits per heavy atom. The minimum absolute atomic E-state index is 0.230. The number of anilines is 2. The van der Waals surface area contributed by atoms with Crippen molar-refractivity contribution in [2.45, 2.75) is 19.8 Å². The van der Waals surface area contributed by atoms with Crippen LogP contribution in [0.5, 0.6) is 11.5 Å². The van der Waals surface area contributed by atoms with E-state index in [0.29, 0.717) is 27.8 Å². The molecule has 1 heterocycles. The number of hydrogen-bond donors (Lipinski definition) is 1. The van der Waals surface area contributed by atoms with Crippen LogP contribution in [0.3, 0.4) is 0 Å². The molecule has 1 fully saturated rings. The third kappa shape index (κ3) is 4.48. The molecule has 1 aliphatic rings. The Hall–Kier alpha value is -2.40. The van der Waals surface area contributed by atoms with Gasteiger partial charge in [0, 0.05) is 24.3 Å². The summed E-state index contributed by atoms with van der Waals surface area (Å²) in [6, 6.07) is 10.7. The monoisotopic (exact) mass is 388 g/mol. The van der Waals surface area contributed by atoms with Crippen molar-refractivity contribution >= 4 is 28.9 Å². The Morgan fingerprint density at radius 2 is 1.78 bits per heavy atom. The van der Waals surface area contributed by atoms with Crippen molar-refractivity contribution in [2.24, 2.45) is 5.92 Å². The molecule has 27 heavy (non-hydrogen) atoms. The summed E-state index contributed by atoms with van der Waals surface area (Å²) in [5, 5.41) is 3.53. The summed E-state index contributed by atoms with van der Waals surface area (Å²) >= 11 is 6.49. The van der Waals surface area contributed by atoms with Gasteiger partial charge in [-0.15, -0.1) is 0 Å². The fourth-order valence-electron chi connectivity index (χ4n) is 3.27. The molecule has 2 aromatic rings. The zero-order valence-electron chi connectivity index (χ0n) is 15.9. The Kier molecular flexibility index (Phi) is 6.11. The number of benzene rings is 2. The lowest BCUT2D eigenvalue weighted by Crippen LogP contribution is -2.32. The standard InChI is InChI=1S/C21H25ClN2O3/c1-14-8-10-24(11-9-14)18-6-5-16(13-17(18)22)23-21(25)15-4-7-19(26-2)20(12-15)27-3/h4-7,12-14H,8-11H2,1-3H3,(H,23,25). The average molecular weight is 389 g/mol. The van der Waals surface area contributed by atoms with E-state index in [1.54, 1.807) is 38.5 Å². The van der Waals surface area contributed by atoms with Crippen LogP contribution in [0.25, 0.3) is 0 Å². The minimum atomic E-state index is -0.230. The molecule has 0 bridgehead atoms. The van der Waals surface area contributed by atoms with E-state index in [1.165, 1.54) is 12.8 Å². The topological polar surface area (TPSA) is 50.8 Å². The van der Waals surface area contributed by atoms with Gasteiger partial charge in [0.2, 0.25) is 0 Å². The molecule has 6 heteroatoms. The molecule has 0 spiro atoms. The maximum Gasteiger partial charge on any atom is 0.255 e. The van der Waals surface area contributed by atoms with Crippen LogP contribution in [-0.4, -0.2) is 33.2 Å². The Morgan fingerprint density at radius 1 is 1.07 bits per heavy atom. The van der Waals surface area contributed by atoms with Crippen LogP contribution in [0.1, 0.15) is 30.1 Å². The summed E-state index contributed by atoms with van der Waals surface area (Å²) in [4.78, 5) is 14.9. The lowest BCUT2D eigenvalue weighted by Gasteiger charge is -2.32. The number of carbonyl (C=O) groups excluding carboxylic acids is 1. The number of methoxy groups -OCH3 is 2. The maximum atomic E-state index is 12.6. The number of carbonyl (C=O) groups is 1. The van der Waals surface area contributed by atoms with Crippen molar-refractivity contribution in [3.63, 3.8) is 0 Å². The number of ether oxygens (including phenoxy) is 2. The highest BCUT2D eigenvalue weighted by atomic mass is 35.5. The zero-order chi connectivity index (χ0) is 19.4. The summed E-state index contributed by atoms with van der Waals surface area (Å²) < 4.78 is 10.5. The number of rotatable bonds is 5. The third-order valence-corrected chi connectivity index (χ3v) is 5.28. The van der Waals surface area contributed by atoms with Crippen LogP contribution >= 0.6 is 11.6 Å². The van der Waals surface area contributed by atoms with Gasteiger partial charge in [-0.3, -0.25) is 4.79 Å². The number of hydrogen-bond acceptors (Lipinski definition) is 4. The summed E-state index contributed by atoms with van der Waals surface area (Å²) in [7, 11) is 3.10. The summed E-state index contributed by atoms with van der Waals surface area (Å²) in [6.45, 7) is 4.31. The molecule has 1 N–H and O–H groups in total. The number of nitrogens with one attached hydrogen (secondary N) is 1. The zero-order valence-corrected chi connectivity index (χ0v) is 16.7. The van der Waals surface area contributed by atoms with Crippen molar-refractivity contribution < 1.29 is 14.3 Å². The van der Waals surface area contributed by atoms with E-state index in [4.69, 9.17) is 21.1 Å². The van der Waals surface area contributed by atoms with Crippen LogP contribution in [0.2, 0.25) is 5.02 Å². The van der Waals surface area contributed by atoms with Gasteiger partial charge in [-0.25, -0.2) is 0 Å². The van der Waals surface area contributed by atoms with Crippen molar-refractivity contribution in [3.05, 3.63) is 47.0 Å². The van der Waals surface area contributed by atoms with Crippen molar-refractivity contribution in [2.75, 3.05) is 37.5 Å². The fourth-order valence-corrected chi connectivity index (χ4v) is 3.57. The third-order valence-electron chi connectivity index (χ3n) is 4.98. The van der Waals surface area contributed by atoms with E-state index in [-0.39, 0.29) is 5.91 Å². The Balaban J connectivity index is 1.72. The minimum Gasteiger partial charge on any atom is -0.493 e. The van der Waals surface area contributed by atoms with E-state index in [1.807, 2.05) is 12.1 Å². The molecule has 0 unspecified atom stereocenters. The molecule has 0 saturated carbocycles. The van der Waals surface area contributed by atoms with Gasteiger partial charge in [-0.2, -0.15) is 0 Å². The van der Waals surface area contributed by atoms with Crippen LogP contribution in [0.15, 0.2) is 36.4 Å². The first-order valence-electron chi connectivity index (χ1n) is 9.09. The molecule has 0 radical (unpaired) electrons. The number of amides is 1. The quantitative estimate of drug-likeness (QED) is 0.795. The first kappa shape index (κ1) is 19.4. The van der Waals surface area contributed by atoms with Gasteiger partial charge >= 0.3 is 0 Å². The predicted molar refractivity (Wildman–Crippen MR) is 110 cm³/mol. The van der Waals surface area contributed by atoms with Gasteiger partial charge in [0.25, 0.3) is 5.91 Å². The van der Waals surface area contributed by atoms with Crippen molar-refractivity contribution in [1.82, 2.24) is 0 Å². The molecular formula is C21H25ClN2O3. The Bertz CT molecular complexity index is 817. The van der Waals surface area contributed by atoms with E-state index in [9.17, 15) is 4.79 Å². The number of nitrogens with zero attached hydrogens (tertiary/aromatic N) is 1. The van der Waals surface area contributed by atoms with Crippen molar-refractivity contribution in [3.8, 4) is 11.5 Å². The molecule has 144 valence electrons. The Labute approximate surface area is 165 Å². The SMILES string of the molecule is COc1ccc(C(=O)Nc2ccc(N3CCC(C)CC3)c(Cl)c2)cc1OC. The fraction of sp³-hybridized carbons (Fsp3) is 0.381. The first-order chi connectivity index (χ1) is 13.0. The smallest absolute Gasteiger partial charge is 0.255 e. The van der Waals surface area contributed by atoms with Gasteiger partial charge in [0.05, 0.1) is 24.9 Å². The lowest BCUT2D eigenvalue weighted by molar-refractivity contribution is 0.102. The predicted octanol–water partition coefficient (Wildman–Crippen LogP) is 4.85. The lowest BCUT2D eigenvalue weighted by atomic mass is 9.99. The molecule has 1 saturated heterocycles. The summed E-state index contributed by atoms with van der Waals surface area (Å²) in [5.74, 6) is 1.63. The van der Waals surface area contributed by atoms with Crippen LogP contribution in [0.4, 0.5) is 11.4 Å². The van der Waals surface area contributed by atoms with E-state index in [2.05, 4.69) is 17.1 Å². The molecule has 0 atom stereocenters. The molecule has 3 rings (SSSR count).